The number of hydrogen-bond donors (Lipinski definition) is 2. The topological polar surface area (TPSA) is 80.0 Å². The van der Waals surface area contributed by atoms with Crippen LogP contribution >= 0.6 is 11.6 Å². The van der Waals surface area contributed by atoms with E-state index in [1.807, 2.05) is 6.07 Å². The van der Waals surface area contributed by atoms with Gasteiger partial charge in [0.25, 0.3) is 5.56 Å². The number of fused-ring (bicyclic) bond motifs is 3. The summed E-state index contributed by atoms with van der Waals surface area (Å²) in [6.45, 7) is 4.25. The molecule has 1 aromatic carbocycles. The fourth-order valence-electron chi connectivity index (χ4n) is 4.35. The second-order valence-electron chi connectivity index (χ2n) is 8.09. The normalized spacial score (nSPS) is 20.8. The van der Waals surface area contributed by atoms with Crippen LogP contribution in [0.1, 0.15) is 58.4 Å². The highest BCUT2D eigenvalue weighted by Gasteiger charge is 2.25. The molecule has 1 aliphatic carbocycles. The van der Waals surface area contributed by atoms with E-state index >= 15 is 0 Å². The Balaban J connectivity index is 1.92. The second-order valence-corrected chi connectivity index (χ2v) is 8.53. The van der Waals surface area contributed by atoms with Crippen molar-refractivity contribution in [2.75, 3.05) is 5.32 Å². The predicted molar refractivity (Wildman–Crippen MR) is 118 cm³/mol. The average Bonchev–Trinajstić information content (AvgIpc) is 2.70. The van der Waals surface area contributed by atoms with Gasteiger partial charge in [-0.25, -0.2) is 4.98 Å². The zero-order chi connectivity index (χ0) is 20.5. The van der Waals surface area contributed by atoms with E-state index in [0.717, 1.165) is 36.5 Å². The number of anilines is 1. The van der Waals surface area contributed by atoms with E-state index in [1.54, 1.807) is 22.9 Å². The molecule has 154 valence electrons. The molecule has 0 aliphatic heterocycles. The number of aliphatic hydroxyl groups excluding tert-OH is 1. The maximum atomic E-state index is 13.5. The van der Waals surface area contributed by atoms with Crippen LogP contribution in [0.4, 0.5) is 5.95 Å². The van der Waals surface area contributed by atoms with Crippen molar-refractivity contribution in [3.63, 3.8) is 0 Å². The van der Waals surface area contributed by atoms with Crippen LogP contribution in [0.3, 0.4) is 0 Å². The third-order valence-corrected chi connectivity index (χ3v) is 6.08. The highest BCUT2D eigenvalue weighted by Crippen LogP contribution is 2.32. The molecule has 6 nitrogen and oxygen atoms in total. The SMILES string of the molecule is CCC[C@H](C)Nc1ncc2c3ccc(Cl)cc3c(=O)n(C3CCC(O)CC3)c2n1. The van der Waals surface area contributed by atoms with Crippen LogP contribution < -0.4 is 10.9 Å². The molecule has 0 amide bonds. The summed E-state index contributed by atoms with van der Waals surface area (Å²) in [4.78, 5) is 22.8. The van der Waals surface area contributed by atoms with Gasteiger partial charge in [0.1, 0.15) is 5.65 Å². The number of rotatable bonds is 5. The zero-order valence-electron chi connectivity index (χ0n) is 16.9. The Morgan fingerprint density at radius 3 is 2.72 bits per heavy atom. The van der Waals surface area contributed by atoms with Gasteiger partial charge in [0.15, 0.2) is 0 Å². The Hall–Kier alpha value is -2.18. The summed E-state index contributed by atoms with van der Waals surface area (Å²) in [7, 11) is 0. The Kier molecular flexibility index (Phi) is 5.74. The first-order chi connectivity index (χ1) is 14.0. The molecule has 29 heavy (non-hydrogen) atoms. The maximum absolute atomic E-state index is 13.5. The van der Waals surface area contributed by atoms with Crippen LogP contribution in [0, 0.1) is 0 Å². The molecule has 0 saturated heterocycles. The number of aliphatic hydroxyl groups is 1. The summed E-state index contributed by atoms with van der Waals surface area (Å²) in [6, 6.07) is 5.64. The van der Waals surface area contributed by atoms with Gasteiger partial charge in [-0.15, -0.1) is 0 Å². The predicted octanol–water partition coefficient (Wildman–Crippen LogP) is 4.67. The maximum Gasteiger partial charge on any atom is 0.260 e. The molecule has 0 bridgehead atoms. The van der Waals surface area contributed by atoms with Gasteiger partial charge in [0.05, 0.1) is 6.10 Å². The molecule has 1 aliphatic rings. The Morgan fingerprint density at radius 2 is 2.00 bits per heavy atom. The minimum atomic E-state index is -0.287. The zero-order valence-corrected chi connectivity index (χ0v) is 17.6. The van der Waals surface area contributed by atoms with Crippen LogP contribution in [-0.2, 0) is 0 Å². The van der Waals surface area contributed by atoms with Crippen molar-refractivity contribution < 1.29 is 5.11 Å². The lowest BCUT2D eigenvalue weighted by molar-refractivity contribution is 0.111. The Morgan fingerprint density at radius 1 is 1.24 bits per heavy atom. The lowest BCUT2D eigenvalue weighted by Gasteiger charge is -2.28. The molecule has 0 spiro atoms. The fourth-order valence-corrected chi connectivity index (χ4v) is 4.52. The van der Waals surface area contributed by atoms with Gasteiger partial charge >= 0.3 is 0 Å². The lowest BCUT2D eigenvalue weighted by atomic mass is 9.92. The van der Waals surface area contributed by atoms with Gasteiger partial charge in [0, 0.05) is 34.1 Å². The molecule has 0 unspecified atom stereocenters. The van der Waals surface area contributed by atoms with E-state index in [4.69, 9.17) is 16.6 Å². The minimum Gasteiger partial charge on any atom is -0.393 e. The van der Waals surface area contributed by atoms with Crippen molar-refractivity contribution in [3.05, 3.63) is 39.8 Å². The molecule has 2 aromatic heterocycles. The third kappa shape index (κ3) is 3.96. The molecule has 3 aromatic rings. The highest BCUT2D eigenvalue weighted by atomic mass is 35.5. The van der Waals surface area contributed by atoms with Crippen LogP contribution in [0.15, 0.2) is 29.2 Å². The smallest absolute Gasteiger partial charge is 0.260 e. The number of nitrogens with one attached hydrogen (secondary N) is 1. The molecule has 7 heteroatoms. The van der Waals surface area contributed by atoms with Crippen molar-refractivity contribution in [1.29, 1.82) is 0 Å². The summed E-state index contributed by atoms with van der Waals surface area (Å²) < 4.78 is 1.80. The number of halogens is 1. The van der Waals surface area contributed by atoms with Crippen molar-refractivity contribution in [3.8, 4) is 0 Å². The van der Waals surface area contributed by atoms with E-state index in [9.17, 15) is 9.90 Å². The number of aromatic nitrogens is 3. The number of hydrogen-bond acceptors (Lipinski definition) is 5. The minimum absolute atomic E-state index is 0.00703. The van der Waals surface area contributed by atoms with E-state index in [1.165, 1.54) is 0 Å². The molecule has 4 rings (SSSR count). The molecular formula is C22H27ClN4O2. The molecule has 1 saturated carbocycles. The number of benzene rings is 1. The Labute approximate surface area is 174 Å². The van der Waals surface area contributed by atoms with Crippen molar-refractivity contribution in [2.24, 2.45) is 0 Å². The van der Waals surface area contributed by atoms with Crippen LogP contribution in [0.2, 0.25) is 5.02 Å². The molecule has 2 N–H and O–H groups in total. The second kappa shape index (κ2) is 8.28. The van der Waals surface area contributed by atoms with Gasteiger partial charge in [0.2, 0.25) is 5.95 Å². The first kappa shape index (κ1) is 20.1. The van der Waals surface area contributed by atoms with Crippen LogP contribution in [0.25, 0.3) is 21.8 Å². The number of pyridine rings is 1. The lowest BCUT2D eigenvalue weighted by Crippen LogP contribution is -2.30. The molecule has 2 heterocycles. The van der Waals surface area contributed by atoms with E-state index in [0.29, 0.717) is 34.8 Å². The highest BCUT2D eigenvalue weighted by molar-refractivity contribution is 6.31. The molecule has 1 fully saturated rings. The van der Waals surface area contributed by atoms with Gasteiger partial charge in [-0.2, -0.15) is 4.98 Å². The van der Waals surface area contributed by atoms with E-state index < -0.39 is 0 Å². The summed E-state index contributed by atoms with van der Waals surface area (Å²) in [5.74, 6) is 0.538. The van der Waals surface area contributed by atoms with Crippen LogP contribution in [0.5, 0.6) is 0 Å². The first-order valence-corrected chi connectivity index (χ1v) is 10.8. The first-order valence-electron chi connectivity index (χ1n) is 10.4. The number of nitrogens with zero attached hydrogens (tertiary/aromatic N) is 3. The summed E-state index contributed by atoms with van der Waals surface area (Å²) in [5, 5.41) is 16.0. The van der Waals surface area contributed by atoms with Gasteiger partial charge in [-0.3, -0.25) is 9.36 Å². The molecular weight excluding hydrogens is 388 g/mol. The largest absolute Gasteiger partial charge is 0.393 e. The van der Waals surface area contributed by atoms with Gasteiger partial charge < -0.3 is 10.4 Å². The standard InChI is InChI=1S/C22H27ClN4O2/c1-3-4-13(2)25-22-24-12-19-17-10-5-14(23)11-18(17)21(29)27(20(19)26-22)15-6-8-16(28)9-7-15/h5,10-13,15-16,28H,3-4,6-9H2,1-2H3,(H,24,25,26)/t13-,15?,16?/m0/s1. The fraction of sp³-hybridized carbons (Fsp3) is 0.500. The van der Waals surface area contributed by atoms with Crippen molar-refractivity contribution >= 4 is 39.4 Å². The molecule has 1 atom stereocenters. The quantitative estimate of drug-likeness (QED) is 0.593. The summed E-state index contributed by atoms with van der Waals surface area (Å²) in [6.07, 6.45) is 6.49. The van der Waals surface area contributed by atoms with Crippen molar-refractivity contribution in [1.82, 2.24) is 14.5 Å². The van der Waals surface area contributed by atoms with Gasteiger partial charge in [-0.05, 0) is 56.5 Å². The average molecular weight is 415 g/mol. The Bertz CT molecular complexity index is 1090. The summed E-state index contributed by atoms with van der Waals surface area (Å²) >= 11 is 6.19. The third-order valence-electron chi connectivity index (χ3n) is 5.85. The van der Waals surface area contributed by atoms with E-state index in [2.05, 4.69) is 24.1 Å². The van der Waals surface area contributed by atoms with Crippen LogP contribution in [-0.4, -0.2) is 31.8 Å². The van der Waals surface area contributed by atoms with Crippen molar-refractivity contribution in [2.45, 2.75) is 70.6 Å². The monoisotopic (exact) mass is 414 g/mol. The van der Waals surface area contributed by atoms with E-state index in [-0.39, 0.29) is 23.7 Å². The molecule has 0 radical (unpaired) electrons. The summed E-state index contributed by atoms with van der Waals surface area (Å²) in [5.41, 5.74) is 0.565. The van der Waals surface area contributed by atoms with Gasteiger partial charge in [-0.1, -0.05) is 31.0 Å².